The molecule has 2 aromatic heterocycles. The Labute approximate surface area is 204 Å². The summed E-state index contributed by atoms with van der Waals surface area (Å²) in [6.45, 7) is 6.49. The third kappa shape index (κ3) is 5.31. The minimum atomic E-state index is -0.286. The highest BCUT2D eigenvalue weighted by molar-refractivity contribution is 6.03. The molecule has 8 nitrogen and oxygen atoms in total. The fraction of sp³-hybridized carbons (Fsp3) is 0.385. The largest absolute Gasteiger partial charge is 0.394 e. The first kappa shape index (κ1) is 23.3. The van der Waals surface area contributed by atoms with Crippen LogP contribution >= 0.6 is 0 Å². The molecule has 1 aliphatic heterocycles. The summed E-state index contributed by atoms with van der Waals surface area (Å²) >= 11 is 0. The average molecular weight is 477 g/mol. The van der Waals surface area contributed by atoms with E-state index in [0.29, 0.717) is 19.4 Å². The third-order valence-corrected chi connectivity index (χ3v) is 6.56. The number of pyridine rings is 1. The van der Waals surface area contributed by atoms with Crippen molar-refractivity contribution in [2.75, 3.05) is 45.2 Å². The van der Waals surface area contributed by atoms with Crippen LogP contribution in [-0.2, 0) is 16.0 Å². The number of halogens is 1. The van der Waals surface area contributed by atoms with Crippen LogP contribution in [0.15, 0.2) is 47.9 Å². The molecule has 0 saturated carbocycles. The lowest BCUT2D eigenvalue weighted by Gasteiger charge is -2.28. The van der Waals surface area contributed by atoms with Gasteiger partial charge in [0.25, 0.3) is 0 Å². The Bertz CT molecular complexity index is 1210. The van der Waals surface area contributed by atoms with E-state index in [9.17, 15) is 4.39 Å². The first-order chi connectivity index (χ1) is 17.1. The van der Waals surface area contributed by atoms with Gasteiger partial charge in [-0.15, -0.1) is 0 Å². The standard InChI is InChI=1S/C26H29FN6O2/c1-17-25-23(31-26(28)30-17)13-19(14-24(25)32-35-12-9-33-7-10-34-11-8-33)21-5-4-20(27)15-22(21)18-3-2-6-29-16-18/h2-6,15-16,19H,7-14H2,1H3,(H2,28,30,31)/b32-24+. The van der Waals surface area contributed by atoms with E-state index >= 15 is 0 Å². The Morgan fingerprint density at radius 2 is 2.06 bits per heavy atom. The number of rotatable bonds is 6. The zero-order valence-electron chi connectivity index (χ0n) is 19.8. The number of hydrogen-bond donors (Lipinski definition) is 1. The normalized spacial score (nSPS) is 19.5. The Balaban J connectivity index is 1.45. The van der Waals surface area contributed by atoms with Gasteiger partial charge in [0.1, 0.15) is 12.4 Å². The molecular weight excluding hydrogens is 447 g/mol. The van der Waals surface area contributed by atoms with Gasteiger partial charge in [0, 0.05) is 49.6 Å². The number of aromatic nitrogens is 3. The van der Waals surface area contributed by atoms with Crippen LogP contribution in [0.4, 0.5) is 10.3 Å². The number of benzene rings is 1. The average Bonchev–Trinajstić information content (AvgIpc) is 2.87. The first-order valence-electron chi connectivity index (χ1n) is 11.9. The van der Waals surface area contributed by atoms with Crippen LogP contribution in [0.25, 0.3) is 11.1 Å². The van der Waals surface area contributed by atoms with Crippen molar-refractivity contribution in [1.82, 2.24) is 19.9 Å². The van der Waals surface area contributed by atoms with E-state index in [1.54, 1.807) is 18.5 Å². The number of morpholine rings is 1. The van der Waals surface area contributed by atoms with Crippen molar-refractivity contribution in [3.8, 4) is 11.1 Å². The monoisotopic (exact) mass is 476 g/mol. The number of oxime groups is 1. The molecule has 1 atom stereocenters. The van der Waals surface area contributed by atoms with Gasteiger partial charge in [-0.1, -0.05) is 17.3 Å². The molecular formula is C26H29FN6O2. The summed E-state index contributed by atoms with van der Waals surface area (Å²) in [6.07, 6.45) is 4.73. The van der Waals surface area contributed by atoms with Crippen molar-refractivity contribution < 1.29 is 14.0 Å². The molecule has 0 radical (unpaired) electrons. The van der Waals surface area contributed by atoms with E-state index < -0.39 is 0 Å². The molecule has 5 rings (SSSR count). The number of nitrogen functional groups attached to an aromatic ring is 1. The summed E-state index contributed by atoms with van der Waals surface area (Å²) in [6, 6.07) is 8.71. The lowest BCUT2D eigenvalue weighted by Crippen LogP contribution is -2.38. The number of nitrogens with two attached hydrogens (primary N) is 1. The maximum Gasteiger partial charge on any atom is 0.220 e. The van der Waals surface area contributed by atoms with Gasteiger partial charge in [-0.05, 0) is 48.6 Å². The van der Waals surface area contributed by atoms with E-state index in [4.69, 9.17) is 15.3 Å². The zero-order valence-corrected chi connectivity index (χ0v) is 19.8. The number of fused-ring (bicyclic) bond motifs is 1. The third-order valence-electron chi connectivity index (χ3n) is 6.56. The molecule has 2 N–H and O–H groups in total. The van der Waals surface area contributed by atoms with E-state index in [0.717, 1.165) is 72.2 Å². The number of ether oxygens (including phenoxy) is 1. The van der Waals surface area contributed by atoms with Gasteiger partial charge in [-0.2, -0.15) is 0 Å². The molecule has 2 aliphatic rings. The van der Waals surface area contributed by atoms with Crippen molar-refractivity contribution in [2.24, 2.45) is 5.16 Å². The second-order valence-electron chi connectivity index (χ2n) is 8.89. The molecule has 0 spiro atoms. The van der Waals surface area contributed by atoms with Crippen LogP contribution in [-0.4, -0.2) is 65.0 Å². The van der Waals surface area contributed by atoms with Gasteiger partial charge >= 0.3 is 0 Å². The van der Waals surface area contributed by atoms with Gasteiger partial charge in [-0.3, -0.25) is 9.88 Å². The number of aryl methyl sites for hydroxylation is 1. The molecule has 0 amide bonds. The molecule has 0 bridgehead atoms. The SMILES string of the molecule is Cc1nc(N)nc2c1/C(=N/OCCN1CCOCC1)CC(c1ccc(F)cc1-c1cccnc1)C2. The van der Waals surface area contributed by atoms with E-state index in [1.807, 2.05) is 25.1 Å². The van der Waals surface area contributed by atoms with Crippen molar-refractivity contribution in [1.29, 1.82) is 0 Å². The lowest BCUT2D eigenvalue weighted by molar-refractivity contribution is 0.0211. The second kappa shape index (κ2) is 10.5. The van der Waals surface area contributed by atoms with Gasteiger partial charge in [0.15, 0.2) is 0 Å². The Morgan fingerprint density at radius 1 is 1.20 bits per heavy atom. The Hall–Kier alpha value is -3.43. The van der Waals surface area contributed by atoms with Crippen LogP contribution in [0, 0.1) is 12.7 Å². The molecule has 3 heterocycles. The zero-order chi connectivity index (χ0) is 24.2. The molecule has 182 valence electrons. The summed E-state index contributed by atoms with van der Waals surface area (Å²) in [5, 5.41) is 4.55. The predicted octanol–water partition coefficient (Wildman–Crippen LogP) is 3.35. The topological polar surface area (TPSA) is 98.8 Å². The first-order valence-corrected chi connectivity index (χ1v) is 11.9. The van der Waals surface area contributed by atoms with Gasteiger partial charge in [0.05, 0.1) is 30.3 Å². The summed E-state index contributed by atoms with van der Waals surface area (Å²) in [5.74, 6) is -0.0266. The van der Waals surface area contributed by atoms with Gasteiger partial charge in [0.2, 0.25) is 5.95 Å². The van der Waals surface area contributed by atoms with E-state index in [2.05, 4.69) is 25.0 Å². The number of hydrogen-bond acceptors (Lipinski definition) is 8. The summed E-state index contributed by atoms with van der Waals surface area (Å²) in [4.78, 5) is 21.2. The highest BCUT2D eigenvalue weighted by Gasteiger charge is 2.30. The molecule has 1 saturated heterocycles. The van der Waals surface area contributed by atoms with Crippen LogP contribution in [0.5, 0.6) is 0 Å². The van der Waals surface area contributed by atoms with Crippen molar-refractivity contribution in [3.63, 3.8) is 0 Å². The Kier molecular flexibility index (Phi) is 6.96. The number of anilines is 1. The molecule has 1 unspecified atom stereocenters. The number of nitrogens with zero attached hydrogens (tertiary/aromatic N) is 5. The van der Waals surface area contributed by atoms with E-state index in [1.165, 1.54) is 6.07 Å². The van der Waals surface area contributed by atoms with Gasteiger partial charge in [-0.25, -0.2) is 14.4 Å². The van der Waals surface area contributed by atoms with Crippen molar-refractivity contribution in [2.45, 2.75) is 25.7 Å². The second-order valence-corrected chi connectivity index (χ2v) is 8.89. The predicted molar refractivity (Wildman–Crippen MR) is 132 cm³/mol. The van der Waals surface area contributed by atoms with Crippen LogP contribution in [0.3, 0.4) is 0 Å². The van der Waals surface area contributed by atoms with Crippen LogP contribution in [0.2, 0.25) is 0 Å². The maximum atomic E-state index is 14.3. The molecule has 35 heavy (non-hydrogen) atoms. The van der Waals surface area contributed by atoms with Crippen LogP contribution < -0.4 is 5.73 Å². The minimum absolute atomic E-state index is 0.0219. The lowest BCUT2D eigenvalue weighted by atomic mass is 9.78. The van der Waals surface area contributed by atoms with Crippen molar-refractivity contribution >= 4 is 11.7 Å². The summed E-state index contributed by atoms with van der Waals surface area (Å²) in [7, 11) is 0. The molecule has 3 aromatic rings. The minimum Gasteiger partial charge on any atom is -0.394 e. The summed E-state index contributed by atoms with van der Waals surface area (Å²) < 4.78 is 19.7. The van der Waals surface area contributed by atoms with E-state index in [-0.39, 0.29) is 17.7 Å². The quantitative estimate of drug-likeness (QED) is 0.430. The smallest absolute Gasteiger partial charge is 0.220 e. The highest BCUT2D eigenvalue weighted by Crippen LogP contribution is 2.38. The van der Waals surface area contributed by atoms with Crippen molar-refractivity contribution in [3.05, 3.63) is 71.1 Å². The Morgan fingerprint density at radius 3 is 2.86 bits per heavy atom. The highest BCUT2D eigenvalue weighted by atomic mass is 19.1. The molecule has 1 aromatic carbocycles. The summed E-state index contributed by atoms with van der Waals surface area (Å²) in [5.41, 5.74) is 12.0. The molecule has 1 aliphatic carbocycles. The maximum absolute atomic E-state index is 14.3. The molecule has 1 fully saturated rings. The fourth-order valence-electron chi connectivity index (χ4n) is 4.90. The van der Waals surface area contributed by atoms with Crippen LogP contribution in [0.1, 0.15) is 34.9 Å². The van der Waals surface area contributed by atoms with Gasteiger partial charge < -0.3 is 15.3 Å². The molecule has 9 heteroatoms. The fourth-order valence-corrected chi connectivity index (χ4v) is 4.90.